The maximum atomic E-state index is 12.3. The molecule has 1 unspecified atom stereocenters. The summed E-state index contributed by atoms with van der Waals surface area (Å²) in [6.45, 7) is 7.34. The van der Waals surface area contributed by atoms with Crippen LogP contribution in [0.1, 0.15) is 5.56 Å². The van der Waals surface area contributed by atoms with Crippen LogP contribution in [0.25, 0.3) is 6.08 Å². The lowest BCUT2D eigenvalue weighted by molar-refractivity contribution is 0.324. The quantitative estimate of drug-likeness (QED) is 0.597. The molecule has 1 rings (SSSR count). The Balaban J connectivity index is 3.31. The van der Waals surface area contributed by atoms with Gasteiger partial charge in [-0.25, -0.2) is 0 Å². The highest BCUT2D eigenvalue weighted by atomic mass is 32.2. The number of hydrogen-bond acceptors (Lipinski definition) is 5. The summed E-state index contributed by atoms with van der Waals surface area (Å²) in [4.78, 5) is 0. The largest absolute Gasteiger partial charge is 0.493 e. The van der Waals surface area contributed by atoms with Crippen molar-refractivity contribution in [1.29, 1.82) is 0 Å². The first-order valence-electron chi connectivity index (χ1n) is 6.85. The normalized spacial score (nSPS) is 12.4. The minimum absolute atomic E-state index is 0.403. The summed E-state index contributed by atoms with van der Waals surface area (Å²) in [6, 6.07) is 3.64. The van der Waals surface area contributed by atoms with E-state index in [-0.39, 0.29) is 0 Å². The van der Waals surface area contributed by atoms with E-state index in [9.17, 15) is 4.21 Å². The van der Waals surface area contributed by atoms with Gasteiger partial charge in [-0.3, -0.25) is 4.21 Å². The number of ether oxygens (including phenoxy) is 3. The lowest BCUT2D eigenvalue weighted by Gasteiger charge is -2.13. The van der Waals surface area contributed by atoms with E-state index in [0.717, 1.165) is 9.80 Å². The first-order valence-corrected chi connectivity index (χ1v) is 9.16. The number of rotatable bonds is 10. The molecule has 1 aromatic rings. The van der Waals surface area contributed by atoms with Crippen LogP contribution >= 0.6 is 11.8 Å². The summed E-state index contributed by atoms with van der Waals surface area (Å²) in [6.07, 6.45) is 5.28. The SMILES string of the molecule is C=CCSC(=Cc1cc(OC)c(OC)c(OC)c1)S(=O)CC=C. The van der Waals surface area contributed by atoms with E-state index in [2.05, 4.69) is 13.2 Å². The fourth-order valence-corrected chi connectivity index (χ4v) is 3.91. The number of methoxy groups -OCH3 is 3. The molecule has 0 bridgehead atoms. The van der Waals surface area contributed by atoms with E-state index < -0.39 is 10.8 Å². The minimum atomic E-state index is -1.14. The van der Waals surface area contributed by atoms with Crippen molar-refractivity contribution in [3.8, 4) is 17.2 Å². The van der Waals surface area contributed by atoms with Gasteiger partial charge in [0.15, 0.2) is 11.5 Å². The molecule has 0 aliphatic rings. The first-order chi connectivity index (χ1) is 11.1. The van der Waals surface area contributed by atoms with Gasteiger partial charge in [0.25, 0.3) is 0 Å². The van der Waals surface area contributed by atoms with Crippen molar-refractivity contribution in [2.45, 2.75) is 0 Å². The van der Waals surface area contributed by atoms with Crippen LogP contribution in [0, 0.1) is 0 Å². The van der Waals surface area contributed by atoms with Crippen molar-refractivity contribution in [2.24, 2.45) is 0 Å². The Morgan fingerprint density at radius 3 is 2.17 bits per heavy atom. The Kier molecular flexibility index (Phi) is 8.58. The van der Waals surface area contributed by atoms with Crippen molar-refractivity contribution in [3.05, 3.63) is 47.2 Å². The number of thioether (sulfide) groups is 1. The zero-order valence-corrected chi connectivity index (χ0v) is 15.3. The Labute approximate surface area is 144 Å². The Morgan fingerprint density at radius 1 is 1.13 bits per heavy atom. The van der Waals surface area contributed by atoms with E-state index in [1.54, 1.807) is 33.5 Å². The molecule has 4 nitrogen and oxygen atoms in total. The maximum Gasteiger partial charge on any atom is 0.203 e. The standard InChI is InChI=1S/C17H22O4S2/c1-6-8-22-16(23(18)9-7-2)12-13-10-14(19-3)17(21-5)15(11-13)20-4/h6-7,10-12H,1-2,8-9H2,3-5H3. The second kappa shape index (κ2) is 10.2. The van der Waals surface area contributed by atoms with Gasteiger partial charge in [0.1, 0.15) is 0 Å². The molecule has 23 heavy (non-hydrogen) atoms. The molecule has 0 aromatic heterocycles. The Hall–Kier alpha value is -1.66. The van der Waals surface area contributed by atoms with Crippen LogP contribution in [-0.2, 0) is 10.8 Å². The highest BCUT2D eigenvalue weighted by Crippen LogP contribution is 2.39. The lowest BCUT2D eigenvalue weighted by Crippen LogP contribution is -1.98. The average molecular weight is 354 g/mol. The molecule has 0 aliphatic carbocycles. The molecule has 0 aliphatic heterocycles. The van der Waals surface area contributed by atoms with E-state index in [0.29, 0.717) is 28.8 Å². The molecule has 0 saturated heterocycles. The third-order valence-electron chi connectivity index (χ3n) is 2.81. The Bertz CT molecular complexity index is 584. The van der Waals surface area contributed by atoms with Gasteiger partial charge in [-0.15, -0.1) is 24.9 Å². The zero-order chi connectivity index (χ0) is 17.2. The number of benzene rings is 1. The molecule has 0 spiro atoms. The van der Waals surface area contributed by atoms with E-state index in [4.69, 9.17) is 14.2 Å². The van der Waals surface area contributed by atoms with Crippen molar-refractivity contribution >= 4 is 28.6 Å². The van der Waals surface area contributed by atoms with Crippen LogP contribution in [0.5, 0.6) is 17.2 Å². The molecule has 0 radical (unpaired) electrons. The maximum absolute atomic E-state index is 12.3. The monoisotopic (exact) mass is 354 g/mol. The molecule has 0 saturated carbocycles. The van der Waals surface area contributed by atoms with Crippen molar-refractivity contribution in [1.82, 2.24) is 0 Å². The minimum Gasteiger partial charge on any atom is -0.493 e. The third kappa shape index (κ3) is 5.48. The second-order valence-electron chi connectivity index (χ2n) is 4.32. The van der Waals surface area contributed by atoms with E-state index in [1.165, 1.54) is 11.8 Å². The van der Waals surface area contributed by atoms with Gasteiger partial charge in [0.05, 0.1) is 36.4 Å². The Morgan fingerprint density at radius 2 is 1.74 bits per heavy atom. The van der Waals surface area contributed by atoms with Crippen LogP contribution in [-0.4, -0.2) is 37.0 Å². The first kappa shape index (κ1) is 19.4. The predicted molar refractivity (Wildman–Crippen MR) is 99.9 cm³/mol. The summed E-state index contributed by atoms with van der Waals surface area (Å²) >= 11 is 1.48. The molecule has 1 aromatic carbocycles. The molecular weight excluding hydrogens is 332 g/mol. The van der Waals surface area contributed by atoms with Gasteiger partial charge in [-0.2, -0.15) is 0 Å². The summed E-state index contributed by atoms with van der Waals surface area (Å²) < 4.78 is 29.1. The second-order valence-corrected chi connectivity index (χ2v) is 7.11. The summed E-state index contributed by atoms with van der Waals surface area (Å²) in [7, 11) is 3.54. The van der Waals surface area contributed by atoms with Gasteiger partial charge < -0.3 is 14.2 Å². The van der Waals surface area contributed by atoms with Crippen molar-refractivity contribution in [2.75, 3.05) is 32.8 Å². The molecular formula is C17H22O4S2. The molecule has 0 N–H and O–H groups in total. The highest BCUT2D eigenvalue weighted by molar-refractivity contribution is 8.16. The molecule has 0 amide bonds. The molecule has 126 valence electrons. The van der Waals surface area contributed by atoms with Crippen LogP contribution in [0.15, 0.2) is 41.7 Å². The fraction of sp³-hybridized carbons (Fsp3) is 0.294. The van der Waals surface area contributed by atoms with Gasteiger partial charge in [0.2, 0.25) is 5.75 Å². The fourth-order valence-electron chi connectivity index (χ4n) is 1.82. The molecule has 6 heteroatoms. The van der Waals surface area contributed by atoms with Gasteiger partial charge in [-0.05, 0) is 23.8 Å². The molecule has 0 fully saturated rings. The van der Waals surface area contributed by atoms with Crippen molar-refractivity contribution in [3.63, 3.8) is 0 Å². The van der Waals surface area contributed by atoms with Gasteiger partial charge in [-0.1, -0.05) is 12.2 Å². The number of hydrogen-bond donors (Lipinski definition) is 0. The summed E-state index contributed by atoms with van der Waals surface area (Å²) in [5, 5.41) is 0. The molecule has 0 heterocycles. The van der Waals surface area contributed by atoms with Crippen LogP contribution < -0.4 is 14.2 Å². The van der Waals surface area contributed by atoms with E-state index >= 15 is 0 Å². The third-order valence-corrected chi connectivity index (χ3v) is 5.63. The van der Waals surface area contributed by atoms with E-state index in [1.807, 2.05) is 18.2 Å². The van der Waals surface area contributed by atoms with Crippen LogP contribution in [0.4, 0.5) is 0 Å². The highest BCUT2D eigenvalue weighted by Gasteiger charge is 2.14. The average Bonchev–Trinajstić information content (AvgIpc) is 2.57. The lowest BCUT2D eigenvalue weighted by atomic mass is 10.2. The van der Waals surface area contributed by atoms with Crippen molar-refractivity contribution < 1.29 is 18.4 Å². The molecule has 1 atom stereocenters. The topological polar surface area (TPSA) is 44.8 Å². The van der Waals surface area contributed by atoms with Crippen LogP contribution in [0.2, 0.25) is 0 Å². The zero-order valence-electron chi connectivity index (χ0n) is 13.7. The van der Waals surface area contributed by atoms with Crippen LogP contribution in [0.3, 0.4) is 0 Å². The van der Waals surface area contributed by atoms with Gasteiger partial charge in [0, 0.05) is 11.5 Å². The smallest absolute Gasteiger partial charge is 0.203 e. The summed E-state index contributed by atoms with van der Waals surface area (Å²) in [5.74, 6) is 2.72. The van der Waals surface area contributed by atoms with Gasteiger partial charge >= 0.3 is 0 Å². The summed E-state index contributed by atoms with van der Waals surface area (Å²) in [5.41, 5.74) is 0.823. The predicted octanol–water partition coefficient (Wildman–Crippen LogP) is 3.86.